The number of imidazole rings is 1. The van der Waals surface area contributed by atoms with Crippen molar-refractivity contribution in [1.29, 1.82) is 0 Å². The number of rotatable bonds is 2. The van der Waals surface area contributed by atoms with E-state index in [-0.39, 0.29) is 0 Å². The van der Waals surface area contributed by atoms with E-state index < -0.39 is 0 Å². The van der Waals surface area contributed by atoms with Gasteiger partial charge in [0.1, 0.15) is 6.33 Å². The molecule has 1 saturated heterocycles. The molecule has 4 rings (SSSR count). The van der Waals surface area contributed by atoms with Crippen LogP contribution < -0.4 is 4.90 Å². The first-order valence-corrected chi connectivity index (χ1v) is 7.35. The number of pyridine rings is 1. The van der Waals surface area contributed by atoms with Crippen LogP contribution in [0.5, 0.6) is 0 Å². The van der Waals surface area contributed by atoms with E-state index in [0.29, 0.717) is 0 Å². The molecular weight excluding hydrogens is 274 g/mol. The molecule has 3 aromatic rings. The number of anilines is 1. The van der Waals surface area contributed by atoms with Gasteiger partial charge >= 0.3 is 0 Å². The van der Waals surface area contributed by atoms with Crippen LogP contribution in [0.15, 0.2) is 30.2 Å². The van der Waals surface area contributed by atoms with E-state index >= 15 is 0 Å². The van der Waals surface area contributed by atoms with Crippen LogP contribution in [0.2, 0.25) is 0 Å². The van der Waals surface area contributed by atoms with Crippen molar-refractivity contribution in [2.24, 2.45) is 0 Å². The van der Waals surface area contributed by atoms with Gasteiger partial charge in [-0.05, 0) is 6.07 Å². The molecule has 0 spiro atoms. The summed E-state index contributed by atoms with van der Waals surface area (Å²) in [6.07, 6.45) is 5.36. The molecule has 6 nitrogen and oxygen atoms in total. The van der Waals surface area contributed by atoms with Gasteiger partial charge in [-0.15, -0.1) is 11.3 Å². The second-order valence-electron chi connectivity index (χ2n) is 4.57. The lowest BCUT2D eigenvalue weighted by atomic mass is 10.4. The predicted octanol–water partition coefficient (Wildman–Crippen LogP) is 1.71. The summed E-state index contributed by atoms with van der Waals surface area (Å²) in [6.45, 7) is 3.35. The van der Waals surface area contributed by atoms with Gasteiger partial charge < -0.3 is 9.64 Å². The van der Waals surface area contributed by atoms with E-state index in [1.54, 1.807) is 23.9 Å². The van der Waals surface area contributed by atoms with E-state index in [4.69, 9.17) is 9.72 Å². The monoisotopic (exact) mass is 287 g/mol. The first-order valence-electron chi connectivity index (χ1n) is 6.47. The molecule has 7 heteroatoms. The summed E-state index contributed by atoms with van der Waals surface area (Å²) in [4.78, 5) is 15.5. The highest BCUT2D eigenvalue weighted by Gasteiger charge is 2.16. The van der Waals surface area contributed by atoms with Crippen LogP contribution in [0.4, 0.5) is 5.13 Å². The molecule has 0 saturated carbocycles. The number of hydrogen-bond acceptors (Lipinski definition) is 6. The lowest BCUT2D eigenvalue weighted by Gasteiger charge is -2.25. The van der Waals surface area contributed by atoms with E-state index in [2.05, 4.69) is 20.2 Å². The predicted molar refractivity (Wildman–Crippen MR) is 77.6 cm³/mol. The summed E-state index contributed by atoms with van der Waals surface area (Å²) < 4.78 is 7.34. The van der Waals surface area contributed by atoms with Crippen molar-refractivity contribution in [1.82, 2.24) is 19.5 Å². The fourth-order valence-corrected chi connectivity index (χ4v) is 3.16. The number of nitrogens with zero attached hydrogens (tertiary/aromatic N) is 5. The minimum Gasteiger partial charge on any atom is -0.378 e. The summed E-state index contributed by atoms with van der Waals surface area (Å²) in [7, 11) is 0. The molecule has 0 unspecified atom stereocenters. The summed E-state index contributed by atoms with van der Waals surface area (Å²) in [5, 5.41) is 3.09. The standard InChI is InChI=1S/C13H13N5OS/c1-2-14-7-11-10(1)15-9-18(11)12-8-20-13(16-12)17-3-5-19-6-4-17/h1-2,7-9H,3-6H2. The van der Waals surface area contributed by atoms with Crippen molar-refractivity contribution >= 4 is 27.5 Å². The van der Waals surface area contributed by atoms with E-state index in [9.17, 15) is 0 Å². The first kappa shape index (κ1) is 11.8. The largest absolute Gasteiger partial charge is 0.378 e. The van der Waals surface area contributed by atoms with E-state index in [1.807, 2.05) is 16.8 Å². The molecule has 3 aromatic heterocycles. The Kier molecular flexibility index (Phi) is 2.86. The lowest BCUT2D eigenvalue weighted by molar-refractivity contribution is 0.122. The molecule has 0 aromatic carbocycles. The van der Waals surface area contributed by atoms with Gasteiger partial charge in [-0.1, -0.05) is 0 Å². The van der Waals surface area contributed by atoms with Gasteiger partial charge in [-0.2, -0.15) is 0 Å². The smallest absolute Gasteiger partial charge is 0.187 e. The van der Waals surface area contributed by atoms with Gasteiger partial charge in [-0.25, -0.2) is 9.97 Å². The van der Waals surface area contributed by atoms with Crippen molar-refractivity contribution in [2.45, 2.75) is 0 Å². The highest BCUT2D eigenvalue weighted by molar-refractivity contribution is 7.14. The molecule has 1 fully saturated rings. The maximum absolute atomic E-state index is 5.37. The number of aromatic nitrogens is 4. The minimum absolute atomic E-state index is 0.771. The normalized spacial score (nSPS) is 15.9. The van der Waals surface area contributed by atoms with Gasteiger partial charge in [-0.3, -0.25) is 9.55 Å². The van der Waals surface area contributed by atoms with E-state index in [0.717, 1.165) is 48.3 Å². The third kappa shape index (κ3) is 1.95. The molecule has 20 heavy (non-hydrogen) atoms. The van der Waals surface area contributed by atoms with Gasteiger partial charge in [0, 0.05) is 24.7 Å². The molecule has 102 valence electrons. The third-order valence-electron chi connectivity index (χ3n) is 3.36. The van der Waals surface area contributed by atoms with Crippen molar-refractivity contribution in [2.75, 3.05) is 31.2 Å². The molecule has 4 heterocycles. The Labute approximate surface area is 119 Å². The number of fused-ring (bicyclic) bond motifs is 1. The number of morpholine rings is 1. The number of ether oxygens (including phenoxy) is 1. The molecule has 1 aliphatic rings. The van der Waals surface area contributed by atoms with Gasteiger partial charge in [0.05, 0.1) is 30.4 Å². The highest BCUT2D eigenvalue weighted by atomic mass is 32.1. The first-order chi connectivity index (χ1) is 9.92. The Morgan fingerprint density at radius 3 is 3.05 bits per heavy atom. The van der Waals surface area contributed by atoms with Crippen molar-refractivity contribution in [3.63, 3.8) is 0 Å². The zero-order chi connectivity index (χ0) is 13.4. The Morgan fingerprint density at radius 1 is 1.25 bits per heavy atom. The Hall–Kier alpha value is -1.99. The van der Waals surface area contributed by atoms with Crippen molar-refractivity contribution < 1.29 is 4.74 Å². The maximum Gasteiger partial charge on any atom is 0.187 e. The average molecular weight is 287 g/mol. The SMILES string of the molecule is c1cc2ncn(-c3csc(N4CCOCC4)n3)c2cn1. The summed E-state index contributed by atoms with van der Waals surface area (Å²) in [5.74, 6) is 0.895. The van der Waals surface area contributed by atoms with Crippen LogP contribution in [0.3, 0.4) is 0 Å². The molecule has 0 aliphatic carbocycles. The Morgan fingerprint density at radius 2 is 2.15 bits per heavy atom. The fourth-order valence-electron chi connectivity index (χ4n) is 2.30. The maximum atomic E-state index is 5.37. The van der Waals surface area contributed by atoms with Crippen LogP contribution in [0.1, 0.15) is 0 Å². The second kappa shape index (κ2) is 4.84. The summed E-state index contributed by atoms with van der Waals surface area (Å²) >= 11 is 1.65. The van der Waals surface area contributed by atoms with Gasteiger partial charge in [0.15, 0.2) is 10.9 Å². The summed E-state index contributed by atoms with van der Waals surface area (Å²) in [5.41, 5.74) is 1.91. The van der Waals surface area contributed by atoms with Crippen LogP contribution in [0, 0.1) is 0 Å². The topological polar surface area (TPSA) is 56.1 Å². The number of thiazole rings is 1. The third-order valence-corrected chi connectivity index (χ3v) is 4.25. The van der Waals surface area contributed by atoms with Crippen molar-refractivity contribution in [3.8, 4) is 5.82 Å². The molecule has 0 atom stereocenters. The quantitative estimate of drug-likeness (QED) is 0.718. The highest BCUT2D eigenvalue weighted by Crippen LogP contribution is 2.25. The number of hydrogen-bond donors (Lipinski definition) is 0. The Bertz CT molecular complexity index is 731. The molecule has 1 aliphatic heterocycles. The molecular formula is C13H13N5OS. The van der Waals surface area contributed by atoms with Crippen molar-refractivity contribution in [3.05, 3.63) is 30.2 Å². The summed E-state index contributed by atoms with van der Waals surface area (Å²) in [6, 6.07) is 1.90. The molecule has 0 radical (unpaired) electrons. The Balaban J connectivity index is 1.70. The minimum atomic E-state index is 0.771. The molecule has 0 N–H and O–H groups in total. The average Bonchev–Trinajstić information content (AvgIpc) is 3.14. The molecule has 0 amide bonds. The fraction of sp³-hybridized carbons (Fsp3) is 0.308. The zero-order valence-corrected chi connectivity index (χ0v) is 11.6. The lowest BCUT2D eigenvalue weighted by Crippen LogP contribution is -2.36. The van der Waals surface area contributed by atoms with Gasteiger partial charge in [0.2, 0.25) is 0 Å². The van der Waals surface area contributed by atoms with Crippen LogP contribution in [-0.4, -0.2) is 45.8 Å². The van der Waals surface area contributed by atoms with Crippen LogP contribution in [-0.2, 0) is 4.74 Å². The molecule has 0 bridgehead atoms. The van der Waals surface area contributed by atoms with Crippen LogP contribution >= 0.6 is 11.3 Å². The van der Waals surface area contributed by atoms with Gasteiger partial charge in [0.25, 0.3) is 0 Å². The van der Waals surface area contributed by atoms with Crippen LogP contribution in [0.25, 0.3) is 16.9 Å². The van der Waals surface area contributed by atoms with E-state index in [1.165, 1.54) is 0 Å². The second-order valence-corrected chi connectivity index (χ2v) is 5.40. The zero-order valence-electron chi connectivity index (χ0n) is 10.8.